The summed E-state index contributed by atoms with van der Waals surface area (Å²) in [6, 6.07) is 8.15. The number of carbonyl (C=O) groups is 1. The van der Waals surface area contributed by atoms with Gasteiger partial charge in [-0.05, 0) is 55.4 Å². The van der Waals surface area contributed by atoms with Crippen LogP contribution in [0.1, 0.15) is 23.1 Å². The number of rotatable bonds is 8. The van der Waals surface area contributed by atoms with E-state index in [1.165, 1.54) is 4.90 Å². The van der Waals surface area contributed by atoms with Crippen molar-refractivity contribution in [2.75, 3.05) is 33.2 Å². The fourth-order valence-electron chi connectivity index (χ4n) is 6.13. The summed E-state index contributed by atoms with van der Waals surface area (Å²) >= 11 is 0. The van der Waals surface area contributed by atoms with Crippen LogP contribution in [0.3, 0.4) is 0 Å². The zero-order chi connectivity index (χ0) is 34.6. The van der Waals surface area contributed by atoms with Crippen LogP contribution in [-0.4, -0.2) is 69.7 Å². The lowest BCUT2D eigenvalue weighted by Crippen LogP contribution is -2.56. The summed E-state index contributed by atoms with van der Waals surface area (Å²) in [7, 11) is -2.78. The van der Waals surface area contributed by atoms with Gasteiger partial charge in [0.2, 0.25) is 5.91 Å². The summed E-state index contributed by atoms with van der Waals surface area (Å²) in [5.74, 6) is -4.41. The number of likely N-dealkylation sites (tertiary alicyclic amines) is 2. The van der Waals surface area contributed by atoms with Gasteiger partial charge in [-0.25, -0.2) is 21.6 Å². The van der Waals surface area contributed by atoms with Crippen LogP contribution in [0.4, 0.5) is 39.5 Å². The second kappa shape index (κ2) is 12.1. The minimum absolute atomic E-state index is 0.0897. The van der Waals surface area contributed by atoms with Gasteiger partial charge in [-0.2, -0.15) is 26.3 Å². The lowest BCUT2D eigenvalue weighted by Gasteiger charge is -2.38. The first-order chi connectivity index (χ1) is 21.8. The summed E-state index contributed by atoms with van der Waals surface area (Å²) in [4.78, 5) is 15.9. The van der Waals surface area contributed by atoms with E-state index in [4.69, 9.17) is 0 Å². The van der Waals surface area contributed by atoms with Gasteiger partial charge in [-0.15, -0.1) is 0 Å². The minimum atomic E-state index is -6.21. The molecule has 2 heterocycles. The summed E-state index contributed by atoms with van der Waals surface area (Å²) in [6.45, 7) is -1.49. The molecule has 6 nitrogen and oxygen atoms in total. The zero-order valence-corrected chi connectivity index (χ0v) is 25.3. The summed E-state index contributed by atoms with van der Waals surface area (Å²) < 4.78 is 159. The fourth-order valence-corrected chi connectivity index (χ4v) is 8.21. The number of nitrogens with zero attached hydrogens (tertiary/aromatic N) is 2. The van der Waals surface area contributed by atoms with Gasteiger partial charge in [0.1, 0.15) is 22.2 Å². The van der Waals surface area contributed by atoms with E-state index >= 15 is 0 Å². The van der Waals surface area contributed by atoms with Crippen molar-refractivity contribution in [1.82, 2.24) is 9.80 Å². The van der Waals surface area contributed by atoms with Gasteiger partial charge in [0.15, 0.2) is 9.84 Å². The Morgan fingerprint density at radius 2 is 1.43 bits per heavy atom. The third-order valence-corrected chi connectivity index (χ3v) is 11.2. The number of ether oxygens (including phenoxy) is 1. The molecule has 0 aromatic heterocycles. The van der Waals surface area contributed by atoms with E-state index in [1.807, 2.05) is 4.90 Å². The molecule has 0 N–H and O–H groups in total. The SMILES string of the molecule is CN1CC(C(=O)N2CCC(c3ccc(C(OCc4c(F)cccc4F)(C(F)(F)F)C(F)(F)F)cc3)(S(=O)(=O)c3ccc(F)cc3)C2)C1. The van der Waals surface area contributed by atoms with Crippen molar-refractivity contribution in [3.05, 3.63) is 101 Å². The van der Waals surface area contributed by atoms with Crippen LogP contribution in [0.2, 0.25) is 0 Å². The van der Waals surface area contributed by atoms with E-state index in [-0.39, 0.29) is 29.3 Å². The quantitative estimate of drug-likeness (QED) is 0.211. The lowest BCUT2D eigenvalue weighted by atomic mass is 9.88. The van der Waals surface area contributed by atoms with E-state index in [9.17, 15) is 52.7 Å². The molecule has 2 saturated heterocycles. The summed E-state index contributed by atoms with van der Waals surface area (Å²) in [6.07, 6.45) is -12.7. The average molecular weight is 695 g/mol. The van der Waals surface area contributed by atoms with Crippen molar-refractivity contribution in [3.8, 4) is 0 Å². The Morgan fingerprint density at radius 3 is 1.94 bits per heavy atom. The standard InChI is InChI=1S/C31H27F9N2O4S/c1-41-15-19(16-41)27(43)42-14-13-28(18-42,47(44,45)23-11-9-22(32)10-12-23)20-5-7-21(8-6-20)29(30(35,36)37,31(38,39)40)46-17-24-25(33)3-2-4-26(24)34/h2-12,19H,13-18H2,1H3. The molecule has 254 valence electrons. The highest BCUT2D eigenvalue weighted by Crippen LogP contribution is 2.54. The second-order valence-corrected chi connectivity index (χ2v) is 13.9. The van der Waals surface area contributed by atoms with Crippen LogP contribution in [0.15, 0.2) is 71.6 Å². The average Bonchev–Trinajstić information content (AvgIpc) is 3.43. The number of benzene rings is 3. The molecule has 1 unspecified atom stereocenters. The third kappa shape index (κ3) is 5.88. The summed E-state index contributed by atoms with van der Waals surface area (Å²) in [5, 5.41) is 0. The molecule has 2 aliphatic heterocycles. The minimum Gasteiger partial charge on any atom is -0.349 e. The fraction of sp³-hybridized carbons (Fsp3) is 0.387. The first kappa shape index (κ1) is 34.7. The van der Waals surface area contributed by atoms with Gasteiger partial charge < -0.3 is 14.5 Å². The molecule has 0 saturated carbocycles. The molecule has 47 heavy (non-hydrogen) atoms. The Hall–Kier alpha value is -3.63. The molecule has 2 aliphatic rings. The van der Waals surface area contributed by atoms with E-state index in [0.29, 0.717) is 37.4 Å². The molecule has 5 rings (SSSR count). The highest BCUT2D eigenvalue weighted by molar-refractivity contribution is 7.92. The lowest BCUT2D eigenvalue weighted by molar-refractivity contribution is -0.392. The molecular weight excluding hydrogens is 667 g/mol. The van der Waals surface area contributed by atoms with Crippen LogP contribution in [0, 0.1) is 23.4 Å². The van der Waals surface area contributed by atoms with E-state index < -0.39 is 80.2 Å². The maximum Gasteiger partial charge on any atom is 0.430 e. The largest absolute Gasteiger partial charge is 0.430 e. The van der Waals surface area contributed by atoms with Gasteiger partial charge in [-0.3, -0.25) is 4.79 Å². The molecule has 0 bridgehead atoms. The first-order valence-corrected chi connectivity index (χ1v) is 15.6. The van der Waals surface area contributed by atoms with Crippen molar-refractivity contribution in [2.24, 2.45) is 5.92 Å². The molecule has 0 aliphatic carbocycles. The highest BCUT2D eigenvalue weighted by atomic mass is 32.2. The Labute approximate surface area is 263 Å². The predicted octanol–water partition coefficient (Wildman–Crippen LogP) is 6.10. The van der Waals surface area contributed by atoms with Crippen LogP contribution in [0.5, 0.6) is 0 Å². The van der Waals surface area contributed by atoms with E-state index in [0.717, 1.165) is 42.5 Å². The number of sulfone groups is 1. The normalized spacial score (nSPS) is 20.0. The Kier molecular flexibility index (Phi) is 8.94. The van der Waals surface area contributed by atoms with E-state index in [1.54, 1.807) is 7.05 Å². The molecule has 1 amide bonds. The Bertz CT molecular complexity index is 1710. The van der Waals surface area contributed by atoms with Gasteiger partial charge >= 0.3 is 12.4 Å². The summed E-state index contributed by atoms with van der Waals surface area (Å²) in [5.41, 5.74) is -8.01. The van der Waals surface area contributed by atoms with Crippen LogP contribution >= 0.6 is 0 Å². The molecule has 16 heteroatoms. The highest BCUT2D eigenvalue weighted by Gasteiger charge is 2.73. The number of halogens is 9. The van der Waals surface area contributed by atoms with Crippen molar-refractivity contribution >= 4 is 15.7 Å². The number of carbonyl (C=O) groups excluding carboxylic acids is 1. The molecule has 2 fully saturated rings. The van der Waals surface area contributed by atoms with Crippen LogP contribution < -0.4 is 0 Å². The first-order valence-electron chi connectivity index (χ1n) is 14.1. The van der Waals surface area contributed by atoms with Crippen molar-refractivity contribution in [1.29, 1.82) is 0 Å². The number of amides is 1. The molecule has 1 atom stereocenters. The van der Waals surface area contributed by atoms with Gasteiger partial charge in [0, 0.05) is 37.3 Å². The maximum absolute atomic E-state index is 14.5. The van der Waals surface area contributed by atoms with E-state index in [2.05, 4.69) is 4.74 Å². The van der Waals surface area contributed by atoms with Gasteiger partial charge in [0.25, 0.3) is 5.60 Å². The van der Waals surface area contributed by atoms with Crippen molar-refractivity contribution in [2.45, 2.75) is 40.6 Å². The molecule has 0 spiro atoms. The Morgan fingerprint density at radius 1 is 0.872 bits per heavy atom. The maximum atomic E-state index is 14.5. The van der Waals surface area contributed by atoms with Crippen LogP contribution in [-0.2, 0) is 36.3 Å². The smallest absolute Gasteiger partial charge is 0.349 e. The monoisotopic (exact) mass is 694 g/mol. The Balaban J connectivity index is 1.59. The van der Waals surface area contributed by atoms with Gasteiger partial charge in [0.05, 0.1) is 17.4 Å². The molecule has 3 aromatic carbocycles. The van der Waals surface area contributed by atoms with Crippen LogP contribution in [0.25, 0.3) is 0 Å². The molecule has 0 radical (unpaired) electrons. The number of hydrogen-bond acceptors (Lipinski definition) is 5. The molecular formula is C31H27F9N2O4S. The van der Waals surface area contributed by atoms with Gasteiger partial charge in [-0.1, -0.05) is 30.3 Å². The third-order valence-electron chi connectivity index (χ3n) is 8.71. The molecule has 3 aromatic rings. The zero-order valence-electron chi connectivity index (χ0n) is 24.5. The number of alkyl halides is 6. The topological polar surface area (TPSA) is 66.9 Å². The number of hydrogen-bond donors (Lipinski definition) is 0. The van der Waals surface area contributed by atoms with Crippen molar-refractivity contribution in [3.63, 3.8) is 0 Å². The van der Waals surface area contributed by atoms with Crippen molar-refractivity contribution < 1.29 is 57.5 Å². The predicted molar refractivity (Wildman–Crippen MR) is 149 cm³/mol. The second-order valence-electron chi connectivity index (χ2n) is 11.6.